The van der Waals surface area contributed by atoms with Gasteiger partial charge in [-0.3, -0.25) is 0 Å². The van der Waals surface area contributed by atoms with Crippen LogP contribution in [-0.4, -0.2) is 37.5 Å². The first-order valence-electron chi connectivity index (χ1n) is 10.9. The van der Waals surface area contributed by atoms with Crippen molar-refractivity contribution < 1.29 is 9.16 Å². The van der Waals surface area contributed by atoms with Crippen LogP contribution in [0.2, 0.25) is 23.3 Å². The van der Waals surface area contributed by atoms with Crippen LogP contribution < -0.4 is 11.1 Å². The number of nitrogens with zero attached hydrogens (tertiary/aromatic N) is 2. The summed E-state index contributed by atoms with van der Waals surface area (Å²) in [6.45, 7) is 13.4. The molecule has 3 N–H and O–H groups in total. The highest BCUT2D eigenvalue weighted by Crippen LogP contribution is 2.42. The molecule has 0 amide bonds. The van der Waals surface area contributed by atoms with Crippen LogP contribution in [0.1, 0.15) is 32.8 Å². The lowest BCUT2D eigenvalue weighted by Gasteiger charge is -2.47. The molecule has 0 unspecified atom stereocenters. The van der Waals surface area contributed by atoms with Crippen LogP contribution in [0.15, 0.2) is 36.7 Å². The first-order chi connectivity index (χ1) is 14.6. The molecule has 1 aromatic carbocycles. The number of nitrogens with one attached hydrogen (secondary N) is 1. The average molecular weight is 463 g/mol. The summed E-state index contributed by atoms with van der Waals surface area (Å²) >= 11 is 6.06. The summed E-state index contributed by atoms with van der Waals surface area (Å²) in [5, 5.41) is 3.92. The van der Waals surface area contributed by atoms with Gasteiger partial charge in [0.05, 0.1) is 13.2 Å². The van der Waals surface area contributed by atoms with Gasteiger partial charge in [0, 0.05) is 18.6 Å². The average Bonchev–Trinajstić information content (AvgIpc) is 2.70. The van der Waals surface area contributed by atoms with Crippen molar-refractivity contribution in [3.05, 3.63) is 47.4 Å². The highest BCUT2D eigenvalue weighted by Gasteiger charge is 2.44. The lowest BCUT2D eigenvalue weighted by molar-refractivity contribution is -0.00562. The van der Waals surface area contributed by atoms with Gasteiger partial charge in [0.2, 0.25) is 0 Å². The van der Waals surface area contributed by atoms with E-state index in [-0.39, 0.29) is 16.2 Å². The summed E-state index contributed by atoms with van der Waals surface area (Å²) in [7, 11) is -1.80. The monoisotopic (exact) mass is 462 g/mol. The number of hydrogen-bond acceptors (Lipinski definition) is 6. The van der Waals surface area contributed by atoms with E-state index in [1.54, 1.807) is 0 Å². The maximum absolute atomic E-state index is 6.52. The van der Waals surface area contributed by atoms with Gasteiger partial charge in [0.25, 0.3) is 0 Å². The summed E-state index contributed by atoms with van der Waals surface area (Å²) in [4.78, 5) is 8.21. The van der Waals surface area contributed by atoms with Crippen LogP contribution in [0.3, 0.4) is 0 Å². The van der Waals surface area contributed by atoms with Crippen LogP contribution in [0, 0.1) is 11.8 Å². The summed E-state index contributed by atoms with van der Waals surface area (Å²) in [6.07, 6.45) is 2.41. The van der Waals surface area contributed by atoms with Crippen molar-refractivity contribution in [2.45, 2.75) is 58.0 Å². The Hall–Kier alpha value is -1.67. The van der Waals surface area contributed by atoms with E-state index in [4.69, 9.17) is 26.5 Å². The van der Waals surface area contributed by atoms with Crippen LogP contribution in [0.5, 0.6) is 0 Å². The van der Waals surface area contributed by atoms with Gasteiger partial charge in [-0.1, -0.05) is 62.7 Å². The van der Waals surface area contributed by atoms with Gasteiger partial charge in [-0.25, -0.2) is 9.97 Å². The zero-order valence-electron chi connectivity index (χ0n) is 19.2. The molecule has 0 radical (unpaired) electrons. The second-order valence-electron chi connectivity index (χ2n) is 9.91. The van der Waals surface area contributed by atoms with Gasteiger partial charge >= 0.3 is 0 Å². The predicted molar refractivity (Wildman–Crippen MR) is 130 cm³/mol. The lowest BCUT2D eigenvalue weighted by Crippen LogP contribution is -2.52. The Kier molecular flexibility index (Phi) is 7.62. The van der Waals surface area contributed by atoms with E-state index >= 15 is 0 Å². The number of anilines is 2. The number of nitrogens with two attached hydrogens (primary N) is 1. The van der Waals surface area contributed by atoms with Crippen molar-refractivity contribution in [3.8, 4) is 0 Å². The van der Waals surface area contributed by atoms with E-state index in [1.807, 2.05) is 18.2 Å². The molecule has 1 fully saturated rings. The molecule has 1 aliphatic carbocycles. The molecule has 0 aliphatic heterocycles. The van der Waals surface area contributed by atoms with E-state index < -0.39 is 8.32 Å². The number of benzene rings is 1. The Morgan fingerprint density at radius 3 is 2.55 bits per heavy atom. The standard InChI is InChI=1S/C23H35ClN4O2Si/c1-23(2,3)31(4,5)30-13-17-11-19(28-22-20(25)21(24)26-15-27-22)18(17)14-29-12-16-9-7-6-8-10-16/h6-10,15,17-19H,11-14,25H2,1-5H3,(H,26,27,28)/t17-,18+,19+/m0/s1. The Bertz CT molecular complexity index is 860. The number of rotatable bonds is 9. The van der Waals surface area contributed by atoms with Crippen LogP contribution >= 0.6 is 11.6 Å². The molecule has 1 aliphatic rings. The first kappa shape index (κ1) is 24.0. The minimum absolute atomic E-state index is 0.194. The number of hydrogen-bond donors (Lipinski definition) is 2. The molecule has 170 valence electrons. The van der Waals surface area contributed by atoms with E-state index in [1.165, 1.54) is 11.9 Å². The molecule has 8 heteroatoms. The topological polar surface area (TPSA) is 82.3 Å². The zero-order chi connectivity index (χ0) is 22.6. The third-order valence-corrected chi connectivity index (χ3v) is 11.5. The lowest BCUT2D eigenvalue weighted by atomic mass is 9.70. The highest BCUT2D eigenvalue weighted by molar-refractivity contribution is 6.74. The molecule has 6 nitrogen and oxygen atoms in total. The first-order valence-corrected chi connectivity index (χ1v) is 14.2. The Morgan fingerprint density at radius 1 is 1.16 bits per heavy atom. The van der Waals surface area contributed by atoms with Gasteiger partial charge in [-0.2, -0.15) is 0 Å². The Morgan fingerprint density at radius 2 is 1.87 bits per heavy atom. The highest BCUT2D eigenvalue weighted by atomic mass is 35.5. The van der Waals surface area contributed by atoms with Crippen molar-refractivity contribution in [2.75, 3.05) is 24.3 Å². The third kappa shape index (κ3) is 5.97. The van der Waals surface area contributed by atoms with E-state index in [2.05, 4.69) is 61.3 Å². The van der Waals surface area contributed by atoms with Crippen LogP contribution in [0.25, 0.3) is 0 Å². The summed E-state index contributed by atoms with van der Waals surface area (Å²) in [5.41, 5.74) is 7.62. The van der Waals surface area contributed by atoms with Crippen molar-refractivity contribution in [3.63, 3.8) is 0 Å². The van der Waals surface area contributed by atoms with E-state index in [9.17, 15) is 0 Å². The van der Waals surface area contributed by atoms with Gasteiger partial charge in [0.15, 0.2) is 19.3 Å². The summed E-state index contributed by atoms with van der Waals surface area (Å²) < 4.78 is 12.6. The van der Waals surface area contributed by atoms with Crippen LogP contribution in [-0.2, 0) is 15.8 Å². The molecule has 0 bridgehead atoms. The second-order valence-corrected chi connectivity index (χ2v) is 15.1. The van der Waals surface area contributed by atoms with Crippen molar-refractivity contribution >= 4 is 31.4 Å². The molecule has 3 rings (SSSR count). The maximum Gasteiger partial charge on any atom is 0.191 e. The quantitative estimate of drug-likeness (QED) is 0.385. The SMILES string of the molecule is CC(C)(C)[Si](C)(C)OC[C@@H]1C[C@@H](Nc2ncnc(Cl)c2N)[C@@H]1COCc1ccccc1. The van der Waals surface area contributed by atoms with Crippen molar-refractivity contribution in [2.24, 2.45) is 11.8 Å². The molecule has 0 saturated heterocycles. The summed E-state index contributed by atoms with van der Waals surface area (Å²) in [6, 6.07) is 10.4. The fourth-order valence-corrected chi connectivity index (χ4v) is 4.70. The Labute approximate surface area is 192 Å². The number of halogens is 1. The fourth-order valence-electron chi connectivity index (χ4n) is 3.50. The molecule has 3 atom stereocenters. The van der Waals surface area contributed by atoms with Crippen molar-refractivity contribution in [1.29, 1.82) is 0 Å². The minimum atomic E-state index is -1.80. The molecule has 1 saturated carbocycles. The van der Waals surface area contributed by atoms with E-state index in [0.29, 0.717) is 36.6 Å². The fraction of sp³-hybridized carbons (Fsp3) is 0.565. The van der Waals surface area contributed by atoms with Crippen molar-refractivity contribution in [1.82, 2.24) is 9.97 Å². The van der Waals surface area contributed by atoms with Gasteiger partial charge in [-0.05, 0) is 36.0 Å². The maximum atomic E-state index is 6.52. The minimum Gasteiger partial charge on any atom is -0.417 e. The molecule has 0 spiro atoms. The number of aromatic nitrogens is 2. The molecule has 2 aromatic rings. The van der Waals surface area contributed by atoms with Gasteiger partial charge in [-0.15, -0.1) is 0 Å². The normalized spacial score (nSPS) is 21.5. The number of nitrogen functional groups attached to an aromatic ring is 1. The molecule has 31 heavy (non-hydrogen) atoms. The molecular weight excluding hydrogens is 428 g/mol. The number of ether oxygens (including phenoxy) is 1. The van der Waals surface area contributed by atoms with Gasteiger partial charge < -0.3 is 20.2 Å². The molecule has 1 aromatic heterocycles. The Balaban J connectivity index is 1.63. The van der Waals surface area contributed by atoms with Crippen LogP contribution in [0.4, 0.5) is 11.5 Å². The zero-order valence-corrected chi connectivity index (χ0v) is 20.9. The van der Waals surface area contributed by atoms with E-state index in [0.717, 1.165) is 13.0 Å². The summed E-state index contributed by atoms with van der Waals surface area (Å²) in [5.74, 6) is 1.32. The molecular formula is C23H35ClN4O2Si. The third-order valence-electron chi connectivity index (χ3n) is 6.72. The smallest absolute Gasteiger partial charge is 0.191 e. The molecule has 1 heterocycles. The van der Waals surface area contributed by atoms with Gasteiger partial charge in [0.1, 0.15) is 12.0 Å². The predicted octanol–water partition coefficient (Wildman–Crippen LogP) is 5.37. The second kappa shape index (κ2) is 9.86. The largest absolute Gasteiger partial charge is 0.417 e.